The van der Waals surface area contributed by atoms with Crippen LogP contribution >= 0.6 is 27.5 Å². The zero-order valence-electron chi connectivity index (χ0n) is 15.8. The van der Waals surface area contributed by atoms with Gasteiger partial charge in [-0.25, -0.2) is 4.39 Å². The molecule has 1 saturated carbocycles. The van der Waals surface area contributed by atoms with Crippen LogP contribution in [0.3, 0.4) is 0 Å². The number of aromatic nitrogens is 4. The highest BCUT2D eigenvalue weighted by Gasteiger charge is 2.42. The van der Waals surface area contributed by atoms with E-state index in [9.17, 15) is 22.4 Å². The van der Waals surface area contributed by atoms with Crippen molar-refractivity contribution in [2.45, 2.75) is 38.0 Å². The van der Waals surface area contributed by atoms with Crippen molar-refractivity contribution in [3.05, 3.63) is 62.7 Å². The molecule has 3 aromatic rings. The van der Waals surface area contributed by atoms with E-state index in [2.05, 4.69) is 31.4 Å². The first-order chi connectivity index (χ1) is 14.6. The van der Waals surface area contributed by atoms with E-state index in [0.29, 0.717) is 11.3 Å². The maximum atomic E-state index is 13.2. The van der Waals surface area contributed by atoms with E-state index >= 15 is 0 Å². The summed E-state index contributed by atoms with van der Waals surface area (Å²) in [6.07, 6.45) is -1.53. The zero-order chi connectivity index (χ0) is 22.3. The first-order valence-electron chi connectivity index (χ1n) is 9.22. The minimum Gasteiger partial charge on any atom is -0.308 e. The van der Waals surface area contributed by atoms with E-state index in [-0.39, 0.29) is 34.3 Å². The Balaban J connectivity index is 1.45. The molecule has 0 saturated heterocycles. The third-order valence-corrected chi connectivity index (χ3v) is 5.85. The number of hydrogen-bond acceptors (Lipinski definition) is 3. The second kappa shape index (κ2) is 8.27. The predicted octanol–water partition coefficient (Wildman–Crippen LogP) is 5.22. The Morgan fingerprint density at radius 1 is 1.26 bits per heavy atom. The zero-order valence-corrected chi connectivity index (χ0v) is 18.1. The van der Waals surface area contributed by atoms with Crippen molar-refractivity contribution in [1.29, 1.82) is 0 Å². The average molecular weight is 521 g/mol. The summed E-state index contributed by atoms with van der Waals surface area (Å²) in [7, 11) is 0. The van der Waals surface area contributed by atoms with Crippen molar-refractivity contribution >= 4 is 39.3 Å². The van der Waals surface area contributed by atoms with Gasteiger partial charge >= 0.3 is 6.18 Å². The first-order valence-corrected chi connectivity index (χ1v) is 10.4. The average Bonchev–Trinajstić information content (AvgIpc) is 3.31. The Morgan fingerprint density at radius 3 is 2.65 bits per heavy atom. The number of alkyl halides is 3. The number of nitrogens with one attached hydrogen (secondary N) is 1. The summed E-state index contributed by atoms with van der Waals surface area (Å²) in [4.78, 5) is 12.4. The van der Waals surface area contributed by atoms with Crippen molar-refractivity contribution in [2.24, 2.45) is 0 Å². The lowest BCUT2D eigenvalue weighted by molar-refractivity contribution is -0.142. The van der Waals surface area contributed by atoms with Gasteiger partial charge in [0, 0.05) is 23.2 Å². The van der Waals surface area contributed by atoms with Crippen LogP contribution in [0.5, 0.6) is 0 Å². The van der Waals surface area contributed by atoms with Crippen LogP contribution in [0.4, 0.5) is 23.4 Å². The number of halogens is 6. The lowest BCUT2D eigenvalue weighted by Crippen LogP contribution is -2.21. The van der Waals surface area contributed by atoms with E-state index < -0.39 is 23.6 Å². The number of carbonyl (C=O) groups is 1. The molecule has 31 heavy (non-hydrogen) atoms. The molecule has 12 heteroatoms. The molecule has 0 unspecified atom stereocenters. The molecule has 4 rings (SSSR count). The van der Waals surface area contributed by atoms with Gasteiger partial charge in [-0.3, -0.25) is 14.2 Å². The van der Waals surface area contributed by atoms with Crippen molar-refractivity contribution in [3.63, 3.8) is 0 Å². The van der Waals surface area contributed by atoms with Crippen LogP contribution < -0.4 is 5.32 Å². The highest BCUT2D eigenvalue weighted by molar-refractivity contribution is 9.10. The highest BCUT2D eigenvalue weighted by Crippen LogP contribution is 2.46. The molecule has 0 radical (unpaired) electrons. The molecule has 6 nitrogen and oxygen atoms in total. The van der Waals surface area contributed by atoms with Crippen LogP contribution in [-0.4, -0.2) is 25.5 Å². The van der Waals surface area contributed by atoms with E-state index in [1.807, 2.05) is 0 Å². The number of carbonyl (C=O) groups excluding carboxylic acids is 1. The largest absolute Gasteiger partial charge is 0.436 e. The maximum absolute atomic E-state index is 13.2. The van der Waals surface area contributed by atoms with Gasteiger partial charge in [0.1, 0.15) is 12.4 Å². The van der Waals surface area contributed by atoms with E-state index in [1.165, 1.54) is 28.9 Å². The second-order valence-electron chi connectivity index (χ2n) is 7.16. The van der Waals surface area contributed by atoms with Gasteiger partial charge in [0.15, 0.2) is 11.5 Å². The Hall–Kier alpha value is -2.40. The van der Waals surface area contributed by atoms with Gasteiger partial charge in [0.2, 0.25) is 5.91 Å². The maximum Gasteiger partial charge on any atom is 0.436 e. The van der Waals surface area contributed by atoms with Crippen molar-refractivity contribution in [1.82, 2.24) is 19.6 Å². The Morgan fingerprint density at radius 2 is 2.00 bits per heavy atom. The van der Waals surface area contributed by atoms with E-state index in [4.69, 9.17) is 11.6 Å². The third-order valence-electron chi connectivity index (χ3n) is 4.71. The fourth-order valence-corrected chi connectivity index (χ4v) is 4.22. The topological polar surface area (TPSA) is 64.7 Å². The van der Waals surface area contributed by atoms with Gasteiger partial charge in [0.05, 0.1) is 16.7 Å². The van der Waals surface area contributed by atoms with Crippen LogP contribution in [0, 0.1) is 5.82 Å². The molecule has 0 atom stereocenters. The smallest absolute Gasteiger partial charge is 0.308 e. The molecule has 1 aromatic carbocycles. The number of amides is 1. The number of hydrogen-bond donors (Lipinski definition) is 1. The number of benzene rings is 1. The van der Waals surface area contributed by atoms with Gasteiger partial charge in [-0.15, -0.1) is 0 Å². The molecule has 164 valence electrons. The SMILES string of the molecule is O=C(Cn1nc(C(F)(F)F)c(Br)c1C1CC1)Nc1ccn(Cc2ccc(F)cc2Cl)n1. The summed E-state index contributed by atoms with van der Waals surface area (Å²) in [6.45, 7) is -0.126. The summed E-state index contributed by atoms with van der Waals surface area (Å²) in [5.41, 5.74) is -0.0270. The summed E-state index contributed by atoms with van der Waals surface area (Å²) in [6, 6.07) is 5.54. The van der Waals surface area contributed by atoms with Gasteiger partial charge in [0.25, 0.3) is 0 Å². The monoisotopic (exact) mass is 519 g/mol. The Kier molecular flexibility index (Phi) is 5.82. The summed E-state index contributed by atoms with van der Waals surface area (Å²) in [5.74, 6) is -0.841. The molecule has 1 amide bonds. The fourth-order valence-electron chi connectivity index (χ4n) is 3.16. The summed E-state index contributed by atoms with van der Waals surface area (Å²) in [5, 5.41) is 10.6. The molecule has 1 aliphatic rings. The van der Waals surface area contributed by atoms with Crippen molar-refractivity contribution in [2.75, 3.05) is 5.32 Å². The lowest BCUT2D eigenvalue weighted by atomic mass is 10.2. The van der Waals surface area contributed by atoms with Crippen molar-refractivity contribution < 1.29 is 22.4 Å². The molecule has 2 heterocycles. The van der Waals surface area contributed by atoms with Gasteiger partial charge in [-0.2, -0.15) is 23.4 Å². The quantitative estimate of drug-likeness (QED) is 0.454. The van der Waals surface area contributed by atoms with E-state index in [0.717, 1.165) is 17.5 Å². The van der Waals surface area contributed by atoms with Gasteiger partial charge in [-0.1, -0.05) is 17.7 Å². The summed E-state index contributed by atoms with van der Waals surface area (Å²) >= 11 is 9.00. The van der Waals surface area contributed by atoms with Crippen LogP contribution in [0.15, 0.2) is 34.9 Å². The van der Waals surface area contributed by atoms with Crippen LogP contribution in [0.25, 0.3) is 0 Å². The molecule has 0 bridgehead atoms. The number of rotatable bonds is 6. The molecular weight excluding hydrogens is 506 g/mol. The minimum absolute atomic E-state index is 0.0505. The standard InChI is InChI=1S/C19H15BrClF4N5O/c20-16-17(10-1-2-10)30(28-18(16)19(23,24)25)9-15(31)26-14-5-6-29(27-14)8-11-3-4-12(22)7-13(11)21/h3-7,10H,1-2,8-9H2,(H,26,27,31). The second-order valence-corrected chi connectivity index (χ2v) is 8.36. The highest BCUT2D eigenvalue weighted by atomic mass is 79.9. The molecule has 0 spiro atoms. The van der Waals surface area contributed by atoms with Crippen molar-refractivity contribution in [3.8, 4) is 0 Å². The molecule has 2 aromatic heterocycles. The molecule has 0 aliphatic heterocycles. The van der Waals surface area contributed by atoms with Crippen LogP contribution in [0.1, 0.15) is 35.7 Å². The number of nitrogens with zero attached hydrogens (tertiary/aromatic N) is 4. The fraction of sp³-hybridized carbons (Fsp3) is 0.316. The Bertz CT molecular complexity index is 1140. The summed E-state index contributed by atoms with van der Waals surface area (Å²) < 4.78 is 55.2. The minimum atomic E-state index is -4.62. The van der Waals surface area contributed by atoms with E-state index in [1.54, 1.807) is 6.20 Å². The molecule has 1 N–H and O–H groups in total. The van der Waals surface area contributed by atoms with Gasteiger partial charge < -0.3 is 5.32 Å². The normalized spacial score (nSPS) is 14.1. The van der Waals surface area contributed by atoms with Gasteiger partial charge in [-0.05, 0) is 46.5 Å². The van der Waals surface area contributed by atoms with Crippen LogP contribution in [-0.2, 0) is 24.1 Å². The molecule has 1 fully saturated rings. The lowest BCUT2D eigenvalue weighted by Gasteiger charge is -2.07. The Labute approximate surface area is 187 Å². The molecular formula is C19H15BrClF4N5O. The van der Waals surface area contributed by atoms with Crippen LogP contribution in [0.2, 0.25) is 5.02 Å². The third kappa shape index (κ3) is 4.93. The predicted molar refractivity (Wildman–Crippen MR) is 108 cm³/mol. The first kappa shape index (κ1) is 21.8. The molecule has 1 aliphatic carbocycles. The number of anilines is 1.